The van der Waals surface area contributed by atoms with Crippen LogP contribution in [0.5, 0.6) is 0 Å². The Kier molecular flexibility index (Phi) is 12.9. The van der Waals surface area contributed by atoms with Crippen LogP contribution in [-0.2, 0) is 0 Å². The number of halogens is 3. The zero-order valence-electron chi connectivity index (χ0n) is 16.8. The first-order valence-electron chi connectivity index (χ1n) is 9.31. The van der Waals surface area contributed by atoms with Gasteiger partial charge in [-0.2, -0.15) is 5.48 Å². The Bertz CT molecular complexity index is 734. The largest absolute Gasteiger partial charge is 0.394 e. The molecule has 31 heavy (non-hydrogen) atoms. The van der Waals surface area contributed by atoms with Crippen molar-refractivity contribution in [1.29, 1.82) is 0 Å². The summed E-state index contributed by atoms with van der Waals surface area (Å²) in [6.45, 7) is 2.03. The molecular formula is C18H26I3N3O7. The van der Waals surface area contributed by atoms with Crippen molar-refractivity contribution in [2.75, 3.05) is 19.8 Å². The lowest BCUT2D eigenvalue weighted by Crippen LogP contribution is -2.42. The summed E-state index contributed by atoms with van der Waals surface area (Å²) in [5.41, 5.74) is 2.63. The van der Waals surface area contributed by atoms with Gasteiger partial charge in [0, 0.05) is 16.3 Å². The van der Waals surface area contributed by atoms with Crippen LogP contribution in [0.2, 0.25) is 0 Å². The summed E-state index contributed by atoms with van der Waals surface area (Å²) in [5.74, 6) is -1.16. The summed E-state index contributed by atoms with van der Waals surface area (Å²) in [4.78, 5) is 26.1. The summed E-state index contributed by atoms with van der Waals surface area (Å²) in [7, 11) is 0. The first kappa shape index (κ1) is 29.1. The van der Waals surface area contributed by atoms with Crippen molar-refractivity contribution in [3.8, 4) is 0 Å². The van der Waals surface area contributed by atoms with Crippen LogP contribution < -0.4 is 16.1 Å². The van der Waals surface area contributed by atoms with E-state index in [4.69, 9.17) is 0 Å². The molecule has 1 aromatic rings. The highest BCUT2D eigenvalue weighted by molar-refractivity contribution is 14.1. The summed E-state index contributed by atoms with van der Waals surface area (Å²) in [5, 5.41) is 53.1. The van der Waals surface area contributed by atoms with E-state index in [1.807, 2.05) is 73.3 Å². The summed E-state index contributed by atoms with van der Waals surface area (Å²) >= 11 is 5.69. The molecule has 1 rings (SSSR count). The normalized spacial score (nSPS) is 14.3. The van der Waals surface area contributed by atoms with Crippen molar-refractivity contribution in [2.24, 2.45) is 0 Å². The highest BCUT2D eigenvalue weighted by atomic mass is 127. The first-order chi connectivity index (χ1) is 14.6. The molecule has 0 bridgehead atoms. The molecule has 1 aromatic carbocycles. The van der Waals surface area contributed by atoms with Crippen molar-refractivity contribution in [1.82, 2.24) is 16.1 Å². The van der Waals surface area contributed by atoms with E-state index in [0.717, 1.165) is 0 Å². The van der Waals surface area contributed by atoms with Crippen LogP contribution in [0.25, 0.3) is 0 Å². The van der Waals surface area contributed by atoms with Gasteiger partial charge < -0.3 is 36.3 Å². The molecule has 0 fully saturated rings. The molecule has 10 nitrogen and oxygen atoms in total. The SMILES string of the molecule is CCC(CO)NC(=O)c1c(I)c(C(=O)NC(CO)CO)c(I)c(C(NO)[C@H](C)O)c1I. The van der Waals surface area contributed by atoms with Gasteiger partial charge in [-0.05, 0) is 81.1 Å². The monoisotopic (exact) mass is 777 g/mol. The lowest BCUT2D eigenvalue weighted by molar-refractivity contribution is 0.0473. The predicted molar refractivity (Wildman–Crippen MR) is 138 cm³/mol. The van der Waals surface area contributed by atoms with Crippen LogP contribution >= 0.6 is 67.8 Å². The summed E-state index contributed by atoms with van der Waals surface area (Å²) in [6, 6.07) is -2.39. The number of amides is 2. The zero-order valence-corrected chi connectivity index (χ0v) is 23.3. The van der Waals surface area contributed by atoms with Gasteiger partial charge in [0.2, 0.25) is 0 Å². The Morgan fingerprint density at radius 1 is 0.871 bits per heavy atom. The van der Waals surface area contributed by atoms with Crippen LogP contribution in [0.1, 0.15) is 52.6 Å². The van der Waals surface area contributed by atoms with Gasteiger partial charge in [0.25, 0.3) is 11.8 Å². The van der Waals surface area contributed by atoms with Gasteiger partial charge in [0.1, 0.15) is 0 Å². The van der Waals surface area contributed by atoms with E-state index in [-0.39, 0.29) is 17.7 Å². The molecule has 0 spiro atoms. The standard InChI is InChI=1S/C18H26I3N3O7/c1-3-8(4-25)22-17(29)11-13(19)10(16(24-31)7(2)28)14(20)12(15(11)21)18(30)23-9(5-26)6-27/h7-9,16,24-28,31H,3-6H2,1-2H3,(H,22,29)(H,23,30)/t7-,8?,16?/m0/s1. The number of rotatable bonds is 11. The zero-order chi connectivity index (χ0) is 23.9. The fraction of sp³-hybridized carbons (Fsp3) is 0.556. The lowest BCUT2D eigenvalue weighted by Gasteiger charge is -2.26. The molecule has 2 amide bonds. The fourth-order valence-corrected chi connectivity index (χ4v) is 7.53. The Hall–Kier alpha value is 0.110. The molecule has 2 unspecified atom stereocenters. The lowest BCUT2D eigenvalue weighted by atomic mass is 9.96. The topological polar surface area (TPSA) is 171 Å². The molecule has 0 saturated carbocycles. The summed E-state index contributed by atoms with van der Waals surface area (Å²) < 4.78 is 1.12. The number of carbonyl (C=O) groups is 2. The maximum atomic E-state index is 13.1. The predicted octanol–water partition coefficient (Wildman–Crippen LogP) is 0.485. The maximum absolute atomic E-state index is 13.1. The number of benzene rings is 1. The minimum atomic E-state index is -1.07. The van der Waals surface area contributed by atoms with Crippen LogP contribution in [0.15, 0.2) is 0 Å². The van der Waals surface area contributed by atoms with Crippen molar-refractivity contribution >= 4 is 79.6 Å². The average Bonchev–Trinajstić information content (AvgIpc) is 2.72. The number of hydrogen-bond acceptors (Lipinski definition) is 8. The Labute approximate surface area is 220 Å². The van der Waals surface area contributed by atoms with E-state index < -0.39 is 49.3 Å². The summed E-state index contributed by atoms with van der Waals surface area (Å²) in [6.07, 6.45) is -0.578. The number of hydroxylamine groups is 1. The minimum Gasteiger partial charge on any atom is -0.394 e. The second-order valence-corrected chi connectivity index (χ2v) is 9.99. The van der Waals surface area contributed by atoms with E-state index in [1.165, 1.54) is 6.92 Å². The molecule has 0 aromatic heterocycles. The van der Waals surface area contributed by atoms with Gasteiger partial charge >= 0.3 is 0 Å². The van der Waals surface area contributed by atoms with Crippen molar-refractivity contribution < 1.29 is 35.2 Å². The van der Waals surface area contributed by atoms with Gasteiger partial charge in [-0.3, -0.25) is 9.59 Å². The molecule has 176 valence electrons. The van der Waals surface area contributed by atoms with E-state index in [9.17, 15) is 35.2 Å². The molecule has 3 atom stereocenters. The maximum Gasteiger partial charge on any atom is 0.253 e. The molecule has 13 heteroatoms. The Morgan fingerprint density at radius 3 is 1.61 bits per heavy atom. The number of aliphatic hydroxyl groups excluding tert-OH is 4. The molecule has 0 saturated heterocycles. The average molecular weight is 777 g/mol. The molecule has 0 heterocycles. The van der Waals surface area contributed by atoms with Crippen LogP contribution in [0, 0.1) is 10.7 Å². The fourth-order valence-electron chi connectivity index (χ4n) is 2.71. The molecule has 8 N–H and O–H groups in total. The molecule has 0 aliphatic heterocycles. The highest BCUT2D eigenvalue weighted by Crippen LogP contribution is 2.36. The van der Waals surface area contributed by atoms with Crippen LogP contribution in [0.3, 0.4) is 0 Å². The third-order valence-electron chi connectivity index (χ3n) is 4.56. The highest BCUT2D eigenvalue weighted by Gasteiger charge is 2.33. The number of carbonyl (C=O) groups excluding carboxylic acids is 2. The van der Waals surface area contributed by atoms with Crippen LogP contribution in [-0.4, -0.2) is 75.5 Å². The van der Waals surface area contributed by atoms with Crippen molar-refractivity contribution in [3.05, 3.63) is 27.4 Å². The Morgan fingerprint density at radius 2 is 1.29 bits per heavy atom. The molecular weight excluding hydrogens is 751 g/mol. The quantitative estimate of drug-likeness (QED) is 0.119. The molecule has 0 aliphatic rings. The van der Waals surface area contributed by atoms with Gasteiger partial charge in [-0.1, -0.05) is 6.92 Å². The van der Waals surface area contributed by atoms with E-state index in [1.54, 1.807) is 6.92 Å². The molecule has 0 radical (unpaired) electrons. The second kappa shape index (κ2) is 13.7. The Balaban J connectivity index is 3.77. The van der Waals surface area contributed by atoms with E-state index in [0.29, 0.717) is 22.7 Å². The van der Waals surface area contributed by atoms with Gasteiger partial charge in [-0.15, -0.1) is 0 Å². The third kappa shape index (κ3) is 7.05. The van der Waals surface area contributed by atoms with E-state index >= 15 is 0 Å². The minimum absolute atomic E-state index is 0.103. The van der Waals surface area contributed by atoms with Gasteiger partial charge in [0.15, 0.2) is 0 Å². The third-order valence-corrected chi connectivity index (χ3v) is 7.88. The van der Waals surface area contributed by atoms with E-state index in [2.05, 4.69) is 10.6 Å². The van der Waals surface area contributed by atoms with Gasteiger partial charge in [-0.25, -0.2) is 0 Å². The number of hydrogen-bond donors (Lipinski definition) is 8. The number of aliphatic hydroxyl groups is 4. The van der Waals surface area contributed by atoms with Crippen LogP contribution in [0.4, 0.5) is 0 Å². The number of nitrogens with one attached hydrogen (secondary N) is 3. The molecule has 0 aliphatic carbocycles. The van der Waals surface area contributed by atoms with Crippen molar-refractivity contribution in [2.45, 2.75) is 44.5 Å². The van der Waals surface area contributed by atoms with Gasteiger partial charge in [0.05, 0.1) is 55.2 Å². The second-order valence-electron chi connectivity index (χ2n) is 6.75. The smallest absolute Gasteiger partial charge is 0.253 e. The van der Waals surface area contributed by atoms with Crippen molar-refractivity contribution in [3.63, 3.8) is 0 Å². The first-order valence-corrected chi connectivity index (χ1v) is 12.5.